The van der Waals surface area contributed by atoms with E-state index in [1.165, 1.54) is 29.8 Å². The zero-order valence-corrected chi connectivity index (χ0v) is 18.2. The third-order valence-electron chi connectivity index (χ3n) is 6.83. The molecule has 0 aromatic carbocycles. The largest absolute Gasteiger partial charge is 0.391 e. The van der Waals surface area contributed by atoms with Crippen LogP contribution in [0.4, 0.5) is 10.9 Å². The molecule has 1 aliphatic heterocycles. The first-order chi connectivity index (χ1) is 14.7. The van der Waals surface area contributed by atoms with Gasteiger partial charge in [0.05, 0.1) is 17.8 Å². The maximum atomic E-state index is 12.5. The van der Waals surface area contributed by atoms with Gasteiger partial charge in [0, 0.05) is 30.1 Å². The molecular formula is C22H31N5O2S. The number of hydrogen-bond acceptors (Lipinski definition) is 7. The average molecular weight is 430 g/mol. The van der Waals surface area contributed by atoms with Gasteiger partial charge in [0.15, 0.2) is 5.13 Å². The molecule has 3 atom stereocenters. The van der Waals surface area contributed by atoms with Crippen molar-refractivity contribution in [2.24, 2.45) is 0 Å². The summed E-state index contributed by atoms with van der Waals surface area (Å²) in [6.07, 6.45) is 10.1. The van der Waals surface area contributed by atoms with Gasteiger partial charge in [-0.15, -0.1) is 11.3 Å². The van der Waals surface area contributed by atoms with Crippen LogP contribution < -0.4 is 15.8 Å². The second-order valence-corrected chi connectivity index (χ2v) is 9.94. The number of fused-ring (bicyclic) bond motifs is 1. The van der Waals surface area contributed by atoms with E-state index in [1.807, 2.05) is 6.07 Å². The molecule has 2 aromatic rings. The van der Waals surface area contributed by atoms with Gasteiger partial charge in [0.2, 0.25) is 0 Å². The lowest BCUT2D eigenvalue weighted by Gasteiger charge is -2.37. The third-order valence-corrected chi connectivity index (χ3v) is 7.94. The Labute approximate surface area is 181 Å². The van der Waals surface area contributed by atoms with Crippen molar-refractivity contribution < 1.29 is 5.11 Å². The van der Waals surface area contributed by atoms with Crippen molar-refractivity contribution in [3.05, 3.63) is 33.1 Å². The fraction of sp³-hybridized carbons (Fsp3) is 0.682. The summed E-state index contributed by atoms with van der Waals surface area (Å²) in [4.78, 5) is 21.1. The molecule has 8 heteroatoms. The second-order valence-electron chi connectivity index (χ2n) is 8.86. The van der Waals surface area contributed by atoms with Crippen LogP contribution in [0, 0.1) is 0 Å². The van der Waals surface area contributed by atoms with Gasteiger partial charge in [-0.25, -0.2) is 9.67 Å². The van der Waals surface area contributed by atoms with Crippen LogP contribution in [0.25, 0.3) is 0 Å². The van der Waals surface area contributed by atoms with Crippen LogP contribution in [-0.4, -0.2) is 45.1 Å². The van der Waals surface area contributed by atoms with Crippen molar-refractivity contribution in [1.82, 2.24) is 14.8 Å². The lowest BCUT2D eigenvalue weighted by molar-refractivity contribution is 0.0669. The predicted octanol–water partition coefficient (Wildman–Crippen LogP) is 3.14. The molecule has 3 aliphatic rings. The standard InChI is InChI=1S/C22H31N5O2S/c28-18-9-2-1-8-17(18)27-21(29)12-11-20(25-27)26-13-4-3-6-15(26)14-23-22-24-16-7-5-10-19(16)30-22/h11-12,15,17-18,28H,1-10,13-14H2,(H,23,24). The quantitative estimate of drug-likeness (QED) is 0.760. The van der Waals surface area contributed by atoms with Crippen LogP contribution in [-0.2, 0) is 12.8 Å². The molecule has 3 heterocycles. The molecule has 0 radical (unpaired) electrons. The third kappa shape index (κ3) is 3.99. The molecule has 1 saturated heterocycles. The highest BCUT2D eigenvalue weighted by atomic mass is 32.1. The van der Waals surface area contributed by atoms with E-state index in [0.717, 1.165) is 69.0 Å². The summed E-state index contributed by atoms with van der Waals surface area (Å²) in [6.45, 7) is 1.78. The maximum absolute atomic E-state index is 12.5. The molecule has 2 aliphatic carbocycles. The Bertz CT molecular complexity index is 920. The van der Waals surface area contributed by atoms with E-state index in [9.17, 15) is 9.90 Å². The average Bonchev–Trinajstić information content (AvgIpc) is 3.36. The highest BCUT2D eigenvalue weighted by Crippen LogP contribution is 2.31. The minimum atomic E-state index is -0.482. The lowest BCUT2D eigenvalue weighted by atomic mass is 9.93. The Kier molecular flexibility index (Phi) is 5.78. The topological polar surface area (TPSA) is 83.3 Å². The number of anilines is 2. The number of aliphatic hydroxyl groups excluding tert-OH is 1. The van der Waals surface area contributed by atoms with E-state index >= 15 is 0 Å². The van der Waals surface area contributed by atoms with Gasteiger partial charge in [-0.1, -0.05) is 12.8 Å². The first-order valence-corrected chi connectivity index (χ1v) is 12.3. The Morgan fingerprint density at radius 1 is 1.10 bits per heavy atom. The normalized spacial score (nSPS) is 26.6. The lowest BCUT2D eigenvalue weighted by Crippen LogP contribution is -2.45. The molecule has 7 nitrogen and oxygen atoms in total. The van der Waals surface area contributed by atoms with Gasteiger partial charge in [0.1, 0.15) is 5.82 Å². The molecule has 2 aromatic heterocycles. The number of nitrogens with zero attached hydrogens (tertiary/aromatic N) is 4. The van der Waals surface area contributed by atoms with Crippen LogP contribution in [0.15, 0.2) is 16.9 Å². The molecule has 3 unspecified atom stereocenters. The molecule has 5 rings (SSSR count). The zero-order valence-electron chi connectivity index (χ0n) is 17.4. The highest BCUT2D eigenvalue weighted by molar-refractivity contribution is 7.15. The van der Waals surface area contributed by atoms with Gasteiger partial charge in [-0.2, -0.15) is 5.10 Å². The van der Waals surface area contributed by atoms with Crippen LogP contribution in [0.1, 0.15) is 68.0 Å². The molecule has 2 fully saturated rings. The van der Waals surface area contributed by atoms with E-state index in [2.05, 4.69) is 10.2 Å². The summed E-state index contributed by atoms with van der Waals surface area (Å²) < 4.78 is 1.55. The SMILES string of the molecule is O=c1ccc(N2CCCCC2CNc2nc3c(s2)CCC3)nn1C1CCCCC1O. The molecule has 1 saturated carbocycles. The molecule has 0 bridgehead atoms. The number of piperidine rings is 1. The van der Waals surface area contributed by atoms with Gasteiger partial charge in [0.25, 0.3) is 5.56 Å². The molecule has 0 amide bonds. The van der Waals surface area contributed by atoms with Crippen LogP contribution >= 0.6 is 11.3 Å². The number of aliphatic hydroxyl groups is 1. The van der Waals surface area contributed by atoms with Crippen LogP contribution in [0.5, 0.6) is 0 Å². The fourth-order valence-electron chi connectivity index (χ4n) is 5.17. The summed E-state index contributed by atoms with van der Waals surface area (Å²) in [7, 11) is 0. The highest BCUT2D eigenvalue weighted by Gasteiger charge is 2.29. The zero-order chi connectivity index (χ0) is 20.5. The van der Waals surface area contributed by atoms with E-state index in [-0.39, 0.29) is 11.6 Å². The Balaban J connectivity index is 1.33. The molecule has 2 N–H and O–H groups in total. The number of aromatic nitrogens is 3. The van der Waals surface area contributed by atoms with Gasteiger partial charge in [-0.3, -0.25) is 4.79 Å². The number of rotatable bonds is 5. The smallest absolute Gasteiger partial charge is 0.267 e. The van der Waals surface area contributed by atoms with Gasteiger partial charge in [-0.05, 0) is 57.4 Å². The van der Waals surface area contributed by atoms with Gasteiger partial charge >= 0.3 is 0 Å². The monoisotopic (exact) mass is 429 g/mol. The molecule has 0 spiro atoms. The first-order valence-electron chi connectivity index (χ1n) is 11.5. The summed E-state index contributed by atoms with van der Waals surface area (Å²) in [5.41, 5.74) is 1.16. The second kappa shape index (κ2) is 8.67. The van der Waals surface area contributed by atoms with Crippen LogP contribution in [0.3, 0.4) is 0 Å². The minimum Gasteiger partial charge on any atom is -0.391 e. The molecule has 30 heavy (non-hydrogen) atoms. The first kappa shape index (κ1) is 20.0. The van der Waals surface area contributed by atoms with Crippen LogP contribution in [0.2, 0.25) is 0 Å². The minimum absolute atomic E-state index is 0.117. The number of hydrogen-bond donors (Lipinski definition) is 2. The summed E-state index contributed by atoms with van der Waals surface area (Å²) in [5, 5.41) is 19.8. The van der Waals surface area contributed by atoms with Crippen molar-refractivity contribution in [3.63, 3.8) is 0 Å². The van der Waals surface area contributed by atoms with Crippen molar-refractivity contribution in [2.75, 3.05) is 23.3 Å². The fourth-order valence-corrected chi connectivity index (χ4v) is 6.23. The number of nitrogens with one attached hydrogen (secondary N) is 1. The van der Waals surface area contributed by atoms with E-state index in [1.54, 1.807) is 22.1 Å². The van der Waals surface area contributed by atoms with E-state index in [4.69, 9.17) is 10.1 Å². The van der Waals surface area contributed by atoms with E-state index in [0.29, 0.717) is 6.04 Å². The predicted molar refractivity (Wildman–Crippen MR) is 120 cm³/mol. The summed E-state index contributed by atoms with van der Waals surface area (Å²) in [6, 6.07) is 3.59. The maximum Gasteiger partial charge on any atom is 0.267 e. The van der Waals surface area contributed by atoms with Crippen molar-refractivity contribution in [1.29, 1.82) is 0 Å². The molecular weight excluding hydrogens is 398 g/mol. The Morgan fingerprint density at radius 3 is 2.83 bits per heavy atom. The number of thiazole rings is 1. The number of aryl methyl sites for hydroxylation is 2. The van der Waals surface area contributed by atoms with E-state index < -0.39 is 6.10 Å². The Hall–Kier alpha value is -1.93. The van der Waals surface area contributed by atoms with Crippen molar-refractivity contribution in [3.8, 4) is 0 Å². The summed E-state index contributed by atoms with van der Waals surface area (Å²) >= 11 is 1.80. The van der Waals surface area contributed by atoms with Crippen molar-refractivity contribution in [2.45, 2.75) is 82.4 Å². The Morgan fingerprint density at radius 2 is 1.97 bits per heavy atom. The summed E-state index contributed by atoms with van der Waals surface area (Å²) in [5.74, 6) is 0.848. The molecule has 162 valence electrons. The van der Waals surface area contributed by atoms with Gasteiger partial charge < -0.3 is 15.3 Å². The van der Waals surface area contributed by atoms with Crippen molar-refractivity contribution >= 4 is 22.3 Å².